The van der Waals surface area contributed by atoms with Gasteiger partial charge in [-0.3, -0.25) is 9.59 Å². The highest BCUT2D eigenvalue weighted by Gasteiger charge is 2.36. The van der Waals surface area contributed by atoms with Crippen LogP contribution in [0.1, 0.15) is 63.1 Å². The predicted molar refractivity (Wildman–Crippen MR) is 103 cm³/mol. The first-order valence-electron chi connectivity index (χ1n) is 9.57. The first-order chi connectivity index (χ1) is 13.1. The van der Waals surface area contributed by atoms with Gasteiger partial charge in [-0.2, -0.15) is 5.26 Å². The number of carbonyl (C=O) groups excluding carboxylic acids is 2. The highest BCUT2D eigenvalue weighted by molar-refractivity contribution is 6.00. The summed E-state index contributed by atoms with van der Waals surface area (Å²) in [5, 5.41) is 12.8. The average Bonchev–Trinajstić information content (AvgIpc) is 2.89. The Morgan fingerprint density at radius 2 is 1.78 bits per heavy atom. The molecule has 0 aliphatic heterocycles. The molecule has 2 aliphatic rings. The summed E-state index contributed by atoms with van der Waals surface area (Å²) in [5.74, 6) is -0.0812. The maximum atomic E-state index is 12.9. The minimum atomic E-state index is -0.881. The lowest BCUT2D eigenvalue weighted by molar-refractivity contribution is 0.0911. The quantitative estimate of drug-likeness (QED) is 0.831. The first-order valence-corrected chi connectivity index (χ1v) is 9.57. The predicted octanol–water partition coefficient (Wildman–Crippen LogP) is 3.78. The molecule has 2 aromatic rings. The second kappa shape index (κ2) is 7.00. The van der Waals surface area contributed by atoms with Crippen LogP contribution in [0, 0.1) is 11.3 Å². The van der Waals surface area contributed by atoms with Crippen LogP contribution in [-0.4, -0.2) is 17.2 Å². The Hall–Kier alpha value is -2.93. The van der Waals surface area contributed by atoms with Crippen LogP contribution in [-0.2, 0) is 19.3 Å². The monoisotopic (exact) mass is 358 g/mol. The van der Waals surface area contributed by atoms with Gasteiger partial charge in [0.05, 0.1) is 6.07 Å². The van der Waals surface area contributed by atoms with Gasteiger partial charge in [-0.15, -0.1) is 0 Å². The Labute approximate surface area is 159 Å². The number of fused-ring (bicyclic) bond motifs is 2. The molecule has 0 aromatic heterocycles. The van der Waals surface area contributed by atoms with Crippen molar-refractivity contribution in [3.63, 3.8) is 0 Å². The van der Waals surface area contributed by atoms with Crippen LogP contribution in [0.2, 0.25) is 0 Å². The number of nitrogens with zero attached hydrogens (tertiary/aromatic N) is 1. The van der Waals surface area contributed by atoms with Crippen LogP contribution in [0.4, 0.5) is 0 Å². The van der Waals surface area contributed by atoms with Gasteiger partial charge in [-0.25, -0.2) is 0 Å². The third-order valence-electron chi connectivity index (χ3n) is 5.77. The fourth-order valence-corrected chi connectivity index (χ4v) is 4.20. The van der Waals surface area contributed by atoms with Crippen molar-refractivity contribution >= 4 is 11.7 Å². The lowest BCUT2D eigenvalue weighted by Crippen LogP contribution is -2.51. The molecule has 1 N–H and O–H groups in total. The molecule has 0 radical (unpaired) electrons. The molecule has 4 rings (SSSR count). The minimum absolute atomic E-state index is 0.159. The summed E-state index contributed by atoms with van der Waals surface area (Å²) in [7, 11) is 0. The van der Waals surface area contributed by atoms with Gasteiger partial charge < -0.3 is 5.32 Å². The summed E-state index contributed by atoms with van der Waals surface area (Å²) in [6.07, 6.45) is 5.16. The van der Waals surface area contributed by atoms with E-state index in [0.717, 1.165) is 42.4 Å². The van der Waals surface area contributed by atoms with Crippen molar-refractivity contribution in [2.24, 2.45) is 0 Å². The van der Waals surface area contributed by atoms with E-state index >= 15 is 0 Å². The number of benzene rings is 2. The fourth-order valence-electron chi connectivity index (χ4n) is 4.20. The van der Waals surface area contributed by atoms with Gasteiger partial charge in [0.1, 0.15) is 5.54 Å². The van der Waals surface area contributed by atoms with Crippen LogP contribution < -0.4 is 5.32 Å². The summed E-state index contributed by atoms with van der Waals surface area (Å²) < 4.78 is 0. The van der Waals surface area contributed by atoms with Crippen molar-refractivity contribution in [1.82, 2.24) is 5.32 Å². The Kier molecular flexibility index (Phi) is 4.53. The van der Waals surface area contributed by atoms with E-state index in [-0.39, 0.29) is 11.7 Å². The number of hydrogen-bond acceptors (Lipinski definition) is 3. The van der Waals surface area contributed by atoms with Crippen molar-refractivity contribution in [3.05, 3.63) is 70.3 Å². The summed E-state index contributed by atoms with van der Waals surface area (Å²) in [6, 6.07) is 15.8. The second-order valence-corrected chi connectivity index (χ2v) is 7.60. The topological polar surface area (TPSA) is 70.0 Å². The number of rotatable bonds is 2. The summed E-state index contributed by atoms with van der Waals surface area (Å²) in [6.45, 7) is 0. The average molecular weight is 358 g/mol. The maximum absolute atomic E-state index is 12.9. The van der Waals surface area contributed by atoms with Crippen molar-refractivity contribution in [1.29, 1.82) is 5.26 Å². The van der Waals surface area contributed by atoms with E-state index in [4.69, 9.17) is 0 Å². The standard InChI is InChI=1S/C23H22N2O2/c24-15-23(12-11-16-5-1-2-7-19(16)14-23)25-22(27)18-9-10-20-17(13-18)6-3-4-8-21(20)26/h1-2,5,7,9-10,13H,3-4,6,8,11-12,14H2,(H,25,27). The van der Waals surface area contributed by atoms with Crippen LogP contribution in [0.15, 0.2) is 42.5 Å². The van der Waals surface area contributed by atoms with Crippen LogP contribution >= 0.6 is 0 Å². The number of carbonyl (C=O) groups is 2. The molecule has 0 saturated heterocycles. The van der Waals surface area contributed by atoms with Crippen LogP contribution in [0.3, 0.4) is 0 Å². The largest absolute Gasteiger partial charge is 0.333 e. The molecular formula is C23H22N2O2. The number of aryl methyl sites for hydroxylation is 2. The number of amides is 1. The number of hydrogen-bond donors (Lipinski definition) is 1. The maximum Gasteiger partial charge on any atom is 0.252 e. The Morgan fingerprint density at radius 1 is 1.00 bits per heavy atom. The number of Topliss-reactive ketones (excluding diaryl/α,β-unsaturated/α-hetero) is 1. The van der Waals surface area contributed by atoms with Gasteiger partial charge in [0, 0.05) is 24.0 Å². The van der Waals surface area contributed by atoms with Crippen LogP contribution in [0.25, 0.3) is 0 Å². The summed E-state index contributed by atoms with van der Waals surface area (Å²) in [4.78, 5) is 25.1. The Balaban J connectivity index is 1.58. The van der Waals surface area contributed by atoms with Crippen LogP contribution in [0.5, 0.6) is 0 Å². The second-order valence-electron chi connectivity index (χ2n) is 7.60. The molecule has 0 spiro atoms. The van der Waals surface area contributed by atoms with Crippen molar-refractivity contribution in [2.75, 3.05) is 0 Å². The summed E-state index contributed by atoms with van der Waals surface area (Å²) >= 11 is 0. The molecule has 1 amide bonds. The molecule has 4 nitrogen and oxygen atoms in total. The van der Waals surface area contributed by atoms with E-state index < -0.39 is 5.54 Å². The van der Waals surface area contributed by atoms with Gasteiger partial charge in [0.15, 0.2) is 5.78 Å². The van der Waals surface area contributed by atoms with E-state index in [1.54, 1.807) is 12.1 Å². The third kappa shape index (κ3) is 3.38. The molecule has 0 bridgehead atoms. The SMILES string of the molecule is N#CC1(NC(=O)c2ccc3c(c2)CCCCC3=O)CCc2ccccc2C1. The van der Waals surface area contributed by atoms with E-state index in [2.05, 4.69) is 17.5 Å². The smallest absolute Gasteiger partial charge is 0.252 e. The van der Waals surface area contributed by atoms with E-state index in [1.165, 1.54) is 5.56 Å². The van der Waals surface area contributed by atoms with Crippen molar-refractivity contribution in [3.8, 4) is 6.07 Å². The zero-order chi connectivity index (χ0) is 18.9. The molecule has 4 heteroatoms. The molecule has 0 fully saturated rings. The molecule has 1 unspecified atom stereocenters. The number of ketones is 1. The lowest BCUT2D eigenvalue weighted by atomic mass is 9.78. The van der Waals surface area contributed by atoms with Crippen molar-refractivity contribution in [2.45, 2.75) is 50.5 Å². The highest BCUT2D eigenvalue weighted by Crippen LogP contribution is 2.29. The zero-order valence-corrected chi connectivity index (χ0v) is 15.3. The van der Waals surface area contributed by atoms with Gasteiger partial charge in [-0.1, -0.05) is 30.3 Å². The molecule has 0 heterocycles. The highest BCUT2D eigenvalue weighted by atomic mass is 16.2. The molecule has 27 heavy (non-hydrogen) atoms. The molecule has 2 aromatic carbocycles. The lowest BCUT2D eigenvalue weighted by Gasteiger charge is -2.33. The fraction of sp³-hybridized carbons (Fsp3) is 0.348. The molecule has 1 atom stereocenters. The zero-order valence-electron chi connectivity index (χ0n) is 15.3. The Morgan fingerprint density at radius 3 is 2.59 bits per heavy atom. The van der Waals surface area contributed by atoms with E-state index in [9.17, 15) is 14.9 Å². The number of nitrogens with one attached hydrogen (secondary N) is 1. The normalized spacial score (nSPS) is 21.4. The van der Waals surface area contributed by atoms with Gasteiger partial charge >= 0.3 is 0 Å². The minimum Gasteiger partial charge on any atom is -0.333 e. The van der Waals surface area contributed by atoms with E-state index in [1.807, 2.05) is 24.3 Å². The number of nitriles is 1. The molecule has 136 valence electrons. The molecule has 0 saturated carbocycles. The van der Waals surface area contributed by atoms with Gasteiger partial charge in [-0.05, 0) is 60.9 Å². The van der Waals surface area contributed by atoms with Gasteiger partial charge in [0.2, 0.25) is 0 Å². The first kappa shape index (κ1) is 17.5. The van der Waals surface area contributed by atoms with Crippen molar-refractivity contribution < 1.29 is 9.59 Å². The summed E-state index contributed by atoms with van der Waals surface area (Å²) in [5.41, 5.74) is 3.71. The molecular weight excluding hydrogens is 336 g/mol. The molecule has 2 aliphatic carbocycles. The van der Waals surface area contributed by atoms with Gasteiger partial charge in [0.25, 0.3) is 5.91 Å². The van der Waals surface area contributed by atoms with E-state index in [0.29, 0.717) is 24.8 Å². The Bertz CT molecular complexity index is 957. The third-order valence-corrected chi connectivity index (χ3v) is 5.77.